The van der Waals surface area contributed by atoms with Crippen molar-refractivity contribution in [3.05, 3.63) is 36.0 Å². The predicted molar refractivity (Wildman–Crippen MR) is 97.8 cm³/mol. The molecule has 0 saturated carbocycles. The number of piperidine rings is 1. The van der Waals surface area contributed by atoms with E-state index in [1.165, 1.54) is 0 Å². The second kappa shape index (κ2) is 7.27. The van der Waals surface area contributed by atoms with Crippen molar-refractivity contribution in [2.75, 3.05) is 26.7 Å². The molecular weight excluding hydrogens is 316 g/mol. The van der Waals surface area contributed by atoms with Crippen LogP contribution in [0.15, 0.2) is 30.3 Å². The van der Waals surface area contributed by atoms with Crippen molar-refractivity contribution < 1.29 is 9.59 Å². The van der Waals surface area contributed by atoms with E-state index in [4.69, 9.17) is 5.73 Å². The first-order chi connectivity index (χ1) is 12.0. The van der Waals surface area contributed by atoms with Gasteiger partial charge in [0.2, 0.25) is 11.8 Å². The molecule has 2 heterocycles. The third-order valence-corrected chi connectivity index (χ3v) is 5.32. The highest BCUT2D eigenvalue weighted by atomic mass is 16.2. The van der Waals surface area contributed by atoms with E-state index in [9.17, 15) is 9.59 Å². The average molecular weight is 342 g/mol. The average Bonchev–Trinajstić information content (AvgIpc) is 3.05. The maximum absolute atomic E-state index is 12.6. The SMILES string of the molecule is C[C@@H](c1cc2ccccc2[nH]1)N(C)C(=O)CN1CCC(C(N)=O)CC1. The molecule has 1 aromatic carbocycles. The molecule has 3 N–H and O–H groups in total. The highest BCUT2D eigenvalue weighted by molar-refractivity contribution is 5.81. The number of aromatic nitrogens is 1. The second-order valence-electron chi connectivity index (χ2n) is 6.95. The van der Waals surface area contributed by atoms with Crippen LogP contribution in [0.3, 0.4) is 0 Å². The summed E-state index contributed by atoms with van der Waals surface area (Å²) >= 11 is 0. The minimum absolute atomic E-state index is 0.0249. The third kappa shape index (κ3) is 3.85. The van der Waals surface area contributed by atoms with E-state index in [0.29, 0.717) is 6.54 Å². The van der Waals surface area contributed by atoms with Gasteiger partial charge >= 0.3 is 0 Å². The fourth-order valence-electron chi connectivity index (χ4n) is 3.42. The number of benzene rings is 1. The number of nitrogens with two attached hydrogens (primary N) is 1. The van der Waals surface area contributed by atoms with Gasteiger partial charge in [0, 0.05) is 24.2 Å². The summed E-state index contributed by atoms with van der Waals surface area (Å²) in [6.07, 6.45) is 1.48. The molecule has 6 heteroatoms. The number of rotatable bonds is 5. The number of nitrogens with zero attached hydrogens (tertiary/aromatic N) is 2. The van der Waals surface area contributed by atoms with Crippen LogP contribution in [0.5, 0.6) is 0 Å². The number of H-pyrrole nitrogens is 1. The lowest BCUT2D eigenvalue weighted by atomic mass is 9.96. The highest BCUT2D eigenvalue weighted by Crippen LogP contribution is 2.24. The molecule has 3 rings (SSSR count). The van der Waals surface area contributed by atoms with E-state index in [-0.39, 0.29) is 23.8 Å². The molecule has 0 unspecified atom stereocenters. The van der Waals surface area contributed by atoms with Crippen LogP contribution in [0.4, 0.5) is 0 Å². The molecule has 0 aliphatic carbocycles. The van der Waals surface area contributed by atoms with Crippen molar-refractivity contribution in [1.29, 1.82) is 0 Å². The van der Waals surface area contributed by atoms with Gasteiger partial charge in [0.05, 0.1) is 12.6 Å². The molecule has 1 aliphatic heterocycles. The molecule has 25 heavy (non-hydrogen) atoms. The topological polar surface area (TPSA) is 82.4 Å². The number of hydrogen-bond acceptors (Lipinski definition) is 3. The van der Waals surface area contributed by atoms with E-state index < -0.39 is 0 Å². The lowest BCUT2D eigenvalue weighted by molar-refractivity contribution is -0.133. The van der Waals surface area contributed by atoms with Crippen LogP contribution >= 0.6 is 0 Å². The van der Waals surface area contributed by atoms with Crippen molar-refractivity contribution >= 4 is 22.7 Å². The fraction of sp³-hybridized carbons (Fsp3) is 0.474. The molecule has 2 aromatic rings. The van der Waals surface area contributed by atoms with E-state index in [0.717, 1.165) is 42.5 Å². The number of fused-ring (bicyclic) bond motifs is 1. The van der Waals surface area contributed by atoms with Crippen molar-refractivity contribution in [2.24, 2.45) is 11.7 Å². The van der Waals surface area contributed by atoms with E-state index >= 15 is 0 Å². The van der Waals surface area contributed by atoms with Crippen molar-refractivity contribution in [1.82, 2.24) is 14.8 Å². The molecule has 0 bridgehead atoms. The van der Waals surface area contributed by atoms with Crippen LogP contribution in [-0.2, 0) is 9.59 Å². The lowest BCUT2D eigenvalue weighted by Gasteiger charge is -2.32. The number of amides is 2. The second-order valence-corrected chi connectivity index (χ2v) is 6.95. The number of carbonyl (C=O) groups excluding carboxylic acids is 2. The number of hydrogen-bond donors (Lipinski definition) is 2. The van der Waals surface area contributed by atoms with Gasteiger partial charge in [0.25, 0.3) is 0 Å². The normalized spacial score (nSPS) is 17.5. The van der Waals surface area contributed by atoms with Gasteiger partial charge in [-0.1, -0.05) is 18.2 Å². The molecule has 1 aromatic heterocycles. The Morgan fingerprint density at radius 2 is 2.00 bits per heavy atom. The minimum atomic E-state index is -0.226. The van der Waals surface area contributed by atoms with Gasteiger partial charge in [-0.05, 0) is 50.4 Å². The Bertz CT molecular complexity index is 729. The molecule has 0 spiro atoms. The zero-order valence-corrected chi connectivity index (χ0v) is 14.9. The number of carbonyl (C=O) groups is 2. The van der Waals surface area contributed by atoms with E-state index in [1.807, 2.05) is 32.2 Å². The Morgan fingerprint density at radius 1 is 1.32 bits per heavy atom. The lowest BCUT2D eigenvalue weighted by Crippen LogP contribution is -2.44. The maximum Gasteiger partial charge on any atom is 0.237 e. The van der Waals surface area contributed by atoms with Gasteiger partial charge in [-0.3, -0.25) is 14.5 Å². The van der Waals surface area contributed by atoms with Gasteiger partial charge in [0.1, 0.15) is 0 Å². The summed E-state index contributed by atoms with van der Waals surface area (Å²) in [6, 6.07) is 10.2. The van der Waals surface area contributed by atoms with E-state index in [2.05, 4.69) is 22.0 Å². The monoisotopic (exact) mass is 342 g/mol. The van der Waals surface area contributed by atoms with Crippen LogP contribution in [-0.4, -0.2) is 53.3 Å². The summed E-state index contributed by atoms with van der Waals surface area (Å²) in [5, 5.41) is 1.15. The standard InChI is InChI=1S/C19H26N4O2/c1-13(17-11-15-5-3-4-6-16(15)21-17)22(2)18(24)12-23-9-7-14(8-10-23)19(20)25/h3-6,11,13-14,21H,7-10,12H2,1-2H3,(H2,20,25)/t13-/m0/s1. The first-order valence-electron chi connectivity index (χ1n) is 8.80. The molecule has 1 aliphatic rings. The molecular formula is C19H26N4O2. The molecule has 1 saturated heterocycles. The quantitative estimate of drug-likeness (QED) is 0.870. The smallest absolute Gasteiger partial charge is 0.237 e. The van der Waals surface area contributed by atoms with Crippen molar-refractivity contribution in [3.8, 4) is 0 Å². The summed E-state index contributed by atoms with van der Waals surface area (Å²) in [5.41, 5.74) is 7.48. The largest absolute Gasteiger partial charge is 0.369 e. The molecule has 1 fully saturated rings. The number of para-hydroxylation sites is 1. The number of aromatic amines is 1. The first kappa shape index (κ1) is 17.5. The van der Waals surface area contributed by atoms with Gasteiger partial charge in [-0.2, -0.15) is 0 Å². The number of likely N-dealkylation sites (N-methyl/N-ethyl adjacent to an activating group) is 1. The Labute approximate surface area is 148 Å². The molecule has 134 valence electrons. The van der Waals surface area contributed by atoms with Crippen LogP contribution in [0.2, 0.25) is 0 Å². The number of likely N-dealkylation sites (tertiary alicyclic amines) is 1. The minimum Gasteiger partial charge on any atom is -0.369 e. The zero-order chi connectivity index (χ0) is 18.0. The molecule has 6 nitrogen and oxygen atoms in total. The van der Waals surface area contributed by atoms with Gasteiger partial charge < -0.3 is 15.6 Å². The van der Waals surface area contributed by atoms with Crippen LogP contribution in [0, 0.1) is 5.92 Å². The number of nitrogens with one attached hydrogen (secondary N) is 1. The van der Waals surface area contributed by atoms with Crippen molar-refractivity contribution in [3.63, 3.8) is 0 Å². The maximum atomic E-state index is 12.6. The fourth-order valence-corrected chi connectivity index (χ4v) is 3.42. The highest BCUT2D eigenvalue weighted by Gasteiger charge is 2.26. The Morgan fingerprint density at radius 3 is 2.64 bits per heavy atom. The van der Waals surface area contributed by atoms with E-state index in [1.54, 1.807) is 4.90 Å². The van der Waals surface area contributed by atoms with Gasteiger partial charge in [0.15, 0.2) is 0 Å². The molecule has 0 radical (unpaired) electrons. The summed E-state index contributed by atoms with van der Waals surface area (Å²) < 4.78 is 0. The summed E-state index contributed by atoms with van der Waals surface area (Å²) in [6.45, 7) is 3.90. The van der Waals surface area contributed by atoms with Gasteiger partial charge in [-0.15, -0.1) is 0 Å². The number of primary amides is 1. The molecule has 2 amide bonds. The zero-order valence-electron chi connectivity index (χ0n) is 14.9. The summed E-state index contributed by atoms with van der Waals surface area (Å²) in [7, 11) is 1.84. The Balaban J connectivity index is 1.59. The summed E-state index contributed by atoms with van der Waals surface area (Å²) in [4.78, 5) is 31.2. The predicted octanol–water partition coefficient (Wildman–Crippen LogP) is 1.88. The third-order valence-electron chi connectivity index (χ3n) is 5.32. The summed E-state index contributed by atoms with van der Waals surface area (Å²) in [5.74, 6) is -0.187. The first-order valence-corrected chi connectivity index (χ1v) is 8.80. The van der Waals surface area contributed by atoms with Crippen LogP contribution in [0.1, 0.15) is 31.5 Å². The Kier molecular flexibility index (Phi) is 5.08. The van der Waals surface area contributed by atoms with Crippen molar-refractivity contribution in [2.45, 2.75) is 25.8 Å². The van der Waals surface area contributed by atoms with Crippen LogP contribution < -0.4 is 5.73 Å². The Hall–Kier alpha value is -2.34. The molecule has 1 atom stereocenters. The van der Waals surface area contributed by atoms with Gasteiger partial charge in [-0.25, -0.2) is 0 Å². The van der Waals surface area contributed by atoms with Crippen LogP contribution in [0.25, 0.3) is 10.9 Å².